The molecule has 0 amide bonds. The largest absolute Gasteiger partial charge is 0.396 e. The number of guanidine groups is 1. The molecule has 0 saturated heterocycles. The molecule has 154 valence electrons. The van der Waals surface area contributed by atoms with E-state index in [0.717, 1.165) is 44.9 Å². The Balaban J connectivity index is 2.77. The molecule has 3 N–H and O–H groups in total. The van der Waals surface area contributed by atoms with Crippen molar-refractivity contribution in [2.45, 2.75) is 66.1 Å². The molecular weight excluding hydrogens is 336 g/mol. The minimum absolute atomic E-state index is 0.247. The molecule has 5 heteroatoms. The summed E-state index contributed by atoms with van der Waals surface area (Å²) in [6, 6.07) is 9.07. The fourth-order valence-electron chi connectivity index (χ4n) is 3.00. The highest BCUT2D eigenvalue weighted by molar-refractivity contribution is 5.79. The van der Waals surface area contributed by atoms with E-state index in [1.54, 1.807) is 0 Å². The number of rotatable bonds is 12. The first kappa shape index (κ1) is 23.4. The average Bonchev–Trinajstić information content (AvgIpc) is 2.65. The van der Waals surface area contributed by atoms with Gasteiger partial charge in [-0.15, -0.1) is 0 Å². The number of nitrogens with zero attached hydrogens (tertiary/aromatic N) is 2. The normalized spacial score (nSPS) is 13.3. The van der Waals surface area contributed by atoms with Gasteiger partial charge in [0.25, 0.3) is 0 Å². The van der Waals surface area contributed by atoms with Gasteiger partial charge in [-0.2, -0.15) is 0 Å². The summed E-state index contributed by atoms with van der Waals surface area (Å²) in [5.74, 6) is 1.33. The smallest absolute Gasteiger partial charge is 0.191 e. The van der Waals surface area contributed by atoms with Crippen LogP contribution < -0.4 is 10.6 Å². The lowest BCUT2D eigenvalue weighted by Gasteiger charge is -2.22. The summed E-state index contributed by atoms with van der Waals surface area (Å²) >= 11 is 0. The Bertz CT molecular complexity index is 539. The zero-order valence-electron chi connectivity index (χ0n) is 18.0. The van der Waals surface area contributed by atoms with E-state index >= 15 is 0 Å². The van der Waals surface area contributed by atoms with E-state index in [-0.39, 0.29) is 6.61 Å². The summed E-state index contributed by atoms with van der Waals surface area (Å²) in [7, 11) is 2.16. The van der Waals surface area contributed by atoms with Gasteiger partial charge in [-0.1, -0.05) is 37.6 Å². The summed E-state index contributed by atoms with van der Waals surface area (Å²) in [6.45, 7) is 12.2. The molecule has 1 rings (SSSR count). The molecule has 0 aromatic heterocycles. The molecule has 27 heavy (non-hydrogen) atoms. The van der Waals surface area contributed by atoms with Crippen LogP contribution in [0.4, 0.5) is 0 Å². The van der Waals surface area contributed by atoms with Crippen molar-refractivity contribution in [3.63, 3.8) is 0 Å². The Morgan fingerprint density at radius 3 is 2.41 bits per heavy atom. The Hall–Kier alpha value is -1.59. The van der Waals surface area contributed by atoms with Crippen LogP contribution in [0.15, 0.2) is 29.3 Å². The minimum Gasteiger partial charge on any atom is -0.396 e. The molecular formula is C22H40N4O. The van der Waals surface area contributed by atoms with Crippen molar-refractivity contribution >= 4 is 5.96 Å². The van der Waals surface area contributed by atoms with Gasteiger partial charge in [0, 0.05) is 32.3 Å². The molecule has 0 spiro atoms. The number of aliphatic hydroxyl groups is 1. The van der Waals surface area contributed by atoms with Gasteiger partial charge in [0.15, 0.2) is 5.96 Å². The van der Waals surface area contributed by atoms with Gasteiger partial charge in [0.2, 0.25) is 0 Å². The highest BCUT2D eigenvalue weighted by atomic mass is 16.3. The second-order valence-electron chi connectivity index (χ2n) is 7.52. The number of nitrogens with one attached hydrogen (secondary N) is 2. The molecule has 1 unspecified atom stereocenters. The minimum atomic E-state index is 0.247. The van der Waals surface area contributed by atoms with Gasteiger partial charge >= 0.3 is 0 Å². The van der Waals surface area contributed by atoms with Crippen molar-refractivity contribution < 1.29 is 5.11 Å². The summed E-state index contributed by atoms with van der Waals surface area (Å²) in [5.41, 5.74) is 2.60. The second kappa shape index (κ2) is 13.6. The third kappa shape index (κ3) is 9.25. The van der Waals surface area contributed by atoms with Crippen LogP contribution in [0.3, 0.4) is 0 Å². The quantitative estimate of drug-likeness (QED) is 0.387. The maximum Gasteiger partial charge on any atom is 0.191 e. The third-order valence-electron chi connectivity index (χ3n) is 4.96. The van der Waals surface area contributed by atoms with Crippen LogP contribution in [0.1, 0.15) is 58.1 Å². The molecule has 0 aliphatic heterocycles. The summed E-state index contributed by atoms with van der Waals surface area (Å²) in [4.78, 5) is 7.15. The zero-order chi connectivity index (χ0) is 20.1. The molecule has 5 nitrogen and oxygen atoms in total. The zero-order valence-corrected chi connectivity index (χ0v) is 18.0. The standard InChI is InChI=1S/C22H40N4O/c1-6-10-19(13-14-27)15-24-22(23-7-2)25-16-20-11-8-9-12-21(20)17-26(5)18(3)4/h8-9,11-12,18-19,27H,6-7,10,13-17H2,1-5H3,(H2,23,24,25). The maximum absolute atomic E-state index is 9.25. The number of aliphatic hydroxyl groups excluding tert-OH is 1. The van der Waals surface area contributed by atoms with Crippen LogP contribution in [0.25, 0.3) is 0 Å². The van der Waals surface area contributed by atoms with E-state index in [0.29, 0.717) is 18.5 Å². The molecule has 0 saturated carbocycles. The Labute approximate surface area is 166 Å². The monoisotopic (exact) mass is 376 g/mol. The topological polar surface area (TPSA) is 59.9 Å². The number of hydrogen-bond donors (Lipinski definition) is 3. The van der Waals surface area contributed by atoms with Gasteiger partial charge < -0.3 is 15.7 Å². The predicted octanol–water partition coefficient (Wildman–Crippen LogP) is 3.38. The lowest BCUT2D eigenvalue weighted by molar-refractivity contribution is 0.251. The first-order valence-electron chi connectivity index (χ1n) is 10.4. The summed E-state index contributed by atoms with van der Waals surface area (Å²) in [6.07, 6.45) is 3.10. The van der Waals surface area contributed by atoms with E-state index in [4.69, 9.17) is 4.99 Å². The molecule has 0 fully saturated rings. The van der Waals surface area contributed by atoms with Crippen molar-refractivity contribution in [2.24, 2.45) is 10.9 Å². The van der Waals surface area contributed by atoms with E-state index in [9.17, 15) is 5.11 Å². The van der Waals surface area contributed by atoms with E-state index < -0.39 is 0 Å². The van der Waals surface area contributed by atoms with Crippen molar-refractivity contribution in [3.8, 4) is 0 Å². The molecule has 0 aliphatic rings. The number of hydrogen-bond acceptors (Lipinski definition) is 3. The van der Waals surface area contributed by atoms with E-state index in [1.165, 1.54) is 11.1 Å². The first-order valence-corrected chi connectivity index (χ1v) is 10.4. The maximum atomic E-state index is 9.25. The highest BCUT2D eigenvalue weighted by Gasteiger charge is 2.10. The average molecular weight is 377 g/mol. The molecule has 1 aromatic carbocycles. The molecule has 0 heterocycles. The van der Waals surface area contributed by atoms with Gasteiger partial charge in [0.05, 0.1) is 6.54 Å². The van der Waals surface area contributed by atoms with Crippen LogP contribution in [-0.4, -0.2) is 48.8 Å². The van der Waals surface area contributed by atoms with Crippen LogP contribution in [0.2, 0.25) is 0 Å². The number of benzene rings is 1. The van der Waals surface area contributed by atoms with Gasteiger partial charge in [0.1, 0.15) is 0 Å². The molecule has 0 aliphatic carbocycles. The Kier molecular flexibility index (Phi) is 11.8. The molecule has 0 radical (unpaired) electrons. The molecule has 1 aromatic rings. The van der Waals surface area contributed by atoms with Crippen LogP contribution >= 0.6 is 0 Å². The van der Waals surface area contributed by atoms with Crippen LogP contribution in [0.5, 0.6) is 0 Å². The Morgan fingerprint density at radius 2 is 1.81 bits per heavy atom. The van der Waals surface area contributed by atoms with Crippen molar-refractivity contribution in [1.82, 2.24) is 15.5 Å². The number of aliphatic imine (C=N–C) groups is 1. The van der Waals surface area contributed by atoms with E-state index in [1.807, 2.05) is 0 Å². The lowest BCUT2D eigenvalue weighted by Crippen LogP contribution is -2.40. The Morgan fingerprint density at radius 1 is 1.11 bits per heavy atom. The molecule has 1 atom stereocenters. The van der Waals surface area contributed by atoms with Crippen LogP contribution in [0, 0.1) is 5.92 Å². The lowest BCUT2D eigenvalue weighted by atomic mass is 10.0. The van der Waals surface area contributed by atoms with Crippen LogP contribution in [-0.2, 0) is 13.1 Å². The third-order valence-corrected chi connectivity index (χ3v) is 4.96. The first-order chi connectivity index (χ1) is 13.0. The van der Waals surface area contributed by atoms with Gasteiger partial charge in [-0.3, -0.25) is 4.90 Å². The fourth-order valence-corrected chi connectivity index (χ4v) is 3.00. The SMILES string of the molecule is CCCC(CCO)CNC(=NCc1ccccc1CN(C)C(C)C)NCC. The fraction of sp³-hybridized carbons (Fsp3) is 0.682. The second-order valence-corrected chi connectivity index (χ2v) is 7.52. The summed E-state index contributed by atoms with van der Waals surface area (Å²) < 4.78 is 0. The summed E-state index contributed by atoms with van der Waals surface area (Å²) in [5, 5.41) is 16.0. The van der Waals surface area contributed by atoms with Gasteiger partial charge in [-0.25, -0.2) is 4.99 Å². The van der Waals surface area contributed by atoms with E-state index in [2.05, 4.69) is 74.5 Å². The van der Waals surface area contributed by atoms with Crippen molar-refractivity contribution in [2.75, 3.05) is 26.7 Å². The predicted molar refractivity (Wildman–Crippen MR) is 116 cm³/mol. The van der Waals surface area contributed by atoms with Crippen molar-refractivity contribution in [1.29, 1.82) is 0 Å². The highest BCUT2D eigenvalue weighted by Crippen LogP contribution is 2.14. The molecule has 0 bridgehead atoms. The van der Waals surface area contributed by atoms with Gasteiger partial charge in [-0.05, 0) is 57.7 Å². The van der Waals surface area contributed by atoms with Crippen molar-refractivity contribution in [3.05, 3.63) is 35.4 Å².